The molecular weight excluding hydrogens is 430 g/mol. The zero-order valence-corrected chi connectivity index (χ0v) is 21.0. The van der Waals surface area contributed by atoms with E-state index in [-0.39, 0.29) is 10.8 Å². The van der Waals surface area contributed by atoms with Crippen LogP contribution in [0.25, 0.3) is 16.7 Å². The molecule has 0 aliphatic carbocycles. The Balaban J connectivity index is 1.81. The molecule has 0 amide bonds. The molecule has 1 aromatic heterocycles. The molecular formula is C31H31N3O. The number of aromatic nitrogens is 3. The fourth-order valence-corrected chi connectivity index (χ4v) is 4.80. The predicted octanol–water partition coefficient (Wildman–Crippen LogP) is 7.08. The van der Waals surface area contributed by atoms with Crippen molar-refractivity contribution in [2.45, 2.75) is 38.5 Å². The van der Waals surface area contributed by atoms with E-state index in [1.54, 1.807) is 11.9 Å². The molecule has 4 nitrogen and oxygen atoms in total. The molecule has 176 valence electrons. The highest BCUT2D eigenvalue weighted by atomic mass is 16.5. The largest absolute Gasteiger partial charge is 0.494 e. The van der Waals surface area contributed by atoms with Crippen molar-refractivity contribution in [1.29, 1.82) is 0 Å². The van der Waals surface area contributed by atoms with Gasteiger partial charge < -0.3 is 4.74 Å². The van der Waals surface area contributed by atoms with Crippen LogP contribution in [0.1, 0.15) is 49.9 Å². The minimum atomic E-state index is -0.309. The number of ether oxygens (including phenoxy) is 1. The van der Waals surface area contributed by atoms with Crippen molar-refractivity contribution in [3.05, 3.63) is 119 Å². The molecule has 0 fully saturated rings. The van der Waals surface area contributed by atoms with Crippen LogP contribution in [0.15, 0.2) is 97.1 Å². The molecule has 1 heterocycles. The molecule has 0 spiro atoms. The maximum absolute atomic E-state index is 6.11. The lowest BCUT2D eigenvalue weighted by molar-refractivity contribution is 0.395. The molecule has 35 heavy (non-hydrogen) atoms. The minimum absolute atomic E-state index is 0.240. The van der Waals surface area contributed by atoms with Crippen molar-refractivity contribution in [1.82, 2.24) is 15.0 Å². The van der Waals surface area contributed by atoms with Crippen molar-refractivity contribution in [3.8, 4) is 11.4 Å². The van der Waals surface area contributed by atoms with Crippen LogP contribution in [-0.2, 0) is 10.8 Å². The van der Waals surface area contributed by atoms with Crippen LogP contribution in [0, 0.1) is 0 Å². The Kier molecular flexibility index (Phi) is 5.68. The van der Waals surface area contributed by atoms with Crippen LogP contribution < -0.4 is 4.74 Å². The lowest BCUT2D eigenvalue weighted by Gasteiger charge is -2.33. The second-order valence-electron chi connectivity index (χ2n) is 10.0. The normalized spacial score (nSPS) is 12.1. The van der Waals surface area contributed by atoms with Gasteiger partial charge in [0.1, 0.15) is 22.5 Å². The van der Waals surface area contributed by atoms with Gasteiger partial charge in [-0.3, -0.25) is 0 Å². The molecule has 5 rings (SSSR count). The first-order valence-electron chi connectivity index (χ1n) is 12.0. The van der Waals surface area contributed by atoms with E-state index in [9.17, 15) is 0 Å². The van der Waals surface area contributed by atoms with Crippen LogP contribution in [0.2, 0.25) is 0 Å². The first kappa shape index (κ1) is 22.9. The molecule has 5 aromatic rings. The van der Waals surface area contributed by atoms with Gasteiger partial charge in [0, 0.05) is 16.4 Å². The lowest BCUT2D eigenvalue weighted by atomic mass is 9.72. The van der Waals surface area contributed by atoms with Gasteiger partial charge in [-0.2, -0.15) is 0 Å². The van der Waals surface area contributed by atoms with Crippen molar-refractivity contribution >= 4 is 11.0 Å². The van der Waals surface area contributed by atoms with Crippen LogP contribution in [0.4, 0.5) is 0 Å². The van der Waals surface area contributed by atoms with Crippen molar-refractivity contribution in [3.63, 3.8) is 0 Å². The van der Waals surface area contributed by atoms with Gasteiger partial charge in [0.25, 0.3) is 0 Å². The quantitative estimate of drug-likeness (QED) is 0.271. The maximum Gasteiger partial charge on any atom is 0.150 e. The fourth-order valence-electron chi connectivity index (χ4n) is 4.80. The summed E-state index contributed by atoms with van der Waals surface area (Å²) in [6, 6.07) is 33.6. The maximum atomic E-state index is 6.11. The third kappa shape index (κ3) is 3.99. The molecule has 0 saturated heterocycles. The van der Waals surface area contributed by atoms with Gasteiger partial charge >= 0.3 is 0 Å². The number of hydrogen-bond acceptors (Lipinski definition) is 3. The molecule has 0 bridgehead atoms. The Labute approximate surface area is 207 Å². The van der Waals surface area contributed by atoms with E-state index in [1.165, 1.54) is 16.7 Å². The molecule has 0 atom stereocenters. The van der Waals surface area contributed by atoms with Crippen LogP contribution >= 0.6 is 0 Å². The third-order valence-electron chi connectivity index (χ3n) is 7.16. The summed E-state index contributed by atoms with van der Waals surface area (Å²) < 4.78 is 6.11. The number of nitrogens with zero attached hydrogens (tertiary/aromatic N) is 3. The van der Waals surface area contributed by atoms with Crippen molar-refractivity contribution in [2.24, 2.45) is 0 Å². The fraction of sp³-hybridized carbons (Fsp3) is 0.226. The molecule has 4 heteroatoms. The van der Waals surface area contributed by atoms with Gasteiger partial charge in [-0.25, -0.2) is 0 Å². The summed E-state index contributed by atoms with van der Waals surface area (Å²) in [6.45, 7) is 9.02. The highest BCUT2D eigenvalue weighted by Gasteiger charge is 2.33. The third-order valence-corrected chi connectivity index (χ3v) is 7.16. The number of benzene rings is 4. The van der Waals surface area contributed by atoms with Gasteiger partial charge in [0.2, 0.25) is 0 Å². The van der Waals surface area contributed by atoms with Crippen molar-refractivity contribution in [2.75, 3.05) is 7.11 Å². The average Bonchev–Trinajstić information content (AvgIpc) is 3.33. The van der Waals surface area contributed by atoms with Crippen LogP contribution in [-0.4, -0.2) is 22.1 Å². The van der Waals surface area contributed by atoms with E-state index in [0.29, 0.717) is 0 Å². The highest BCUT2D eigenvalue weighted by molar-refractivity contribution is 5.74. The van der Waals surface area contributed by atoms with Gasteiger partial charge in [0.15, 0.2) is 0 Å². The van der Waals surface area contributed by atoms with E-state index >= 15 is 0 Å². The highest BCUT2D eigenvalue weighted by Crippen LogP contribution is 2.44. The topological polar surface area (TPSA) is 39.9 Å². The Hall–Kier alpha value is -3.92. The van der Waals surface area contributed by atoms with Crippen molar-refractivity contribution < 1.29 is 4.74 Å². The summed E-state index contributed by atoms with van der Waals surface area (Å²) >= 11 is 0. The van der Waals surface area contributed by atoms with Crippen LogP contribution in [0.3, 0.4) is 0 Å². The van der Waals surface area contributed by atoms with E-state index in [1.807, 2.05) is 24.3 Å². The Bertz CT molecular complexity index is 1430. The standard InChI is InChI=1S/C31H31N3O/c1-30(2,22-14-8-6-9-15-22)24-20-25(31(3,4)23-16-10-7-11-17-23)29(35-5)28(21-24)34-32-26-18-12-13-19-27(26)33-34/h6-21H,1-5H3. The van der Waals surface area contributed by atoms with Gasteiger partial charge in [-0.1, -0.05) is 107 Å². The first-order chi connectivity index (χ1) is 16.8. The minimum Gasteiger partial charge on any atom is -0.494 e. The van der Waals surface area contributed by atoms with Gasteiger partial charge in [-0.05, 0) is 34.9 Å². The lowest BCUT2D eigenvalue weighted by Crippen LogP contribution is -2.25. The van der Waals surface area contributed by atoms with E-state index in [4.69, 9.17) is 14.9 Å². The Morgan fingerprint density at radius 3 is 1.60 bits per heavy atom. The summed E-state index contributed by atoms with van der Waals surface area (Å²) in [5, 5.41) is 9.62. The monoisotopic (exact) mass is 461 g/mol. The van der Waals surface area contributed by atoms with Crippen LogP contribution in [0.5, 0.6) is 5.75 Å². The smallest absolute Gasteiger partial charge is 0.150 e. The second-order valence-corrected chi connectivity index (χ2v) is 10.0. The zero-order chi connectivity index (χ0) is 24.6. The second kappa shape index (κ2) is 8.70. The average molecular weight is 462 g/mol. The summed E-state index contributed by atoms with van der Waals surface area (Å²) in [4.78, 5) is 1.72. The van der Waals surface area contributed by atoms with E-state index < -0.39 is 0 Å². The summed E-state index contributed by atoms with van der Waals surface area (Å²) in [5.74, 6) is 0.784. The number of hydrogen-bond donors (Lipinski definition) is 0. The molecule has 0 unspecified atom stereocenters. The van der Waals surface area contributed by atoms with E-state index in [0.717, 1.165) is 28.0 Å². The van der Waals surface area contributed by atoms with E-state index in [2.05, 4.69) is 100 Å². The summed E-state index contributed by atoms with van der Waals surface area (Å²) in [7, 11) is 1.73. The molecule has 0 radical (unpaired) electrons. The molecule has 0 aliphatic rings. The van der Waals surface area contributed by atoms with Gasteiger partial charge in [-0.15, -0.1) is 15.0 Å². The summed E-state index contributed by atoms with van der Waals surface area (Å²) in [6.07, 6.45) is 0. The summed E-state index contributed by atoms with van der Waals surface area (Å²) in [5.41, 5.74) is 6.74. The molecule has 0 aliphatic heterocycles. The Morgan fingerprint density at radius 2 is 1.09 bits per heavy atom. The zero-order valence-electron chi connectivity index (χ0n) is 21.0. The molecule has 4 aromatic carbocycles. The molecule has 0 N–H and O–H groups in total. The number of rotatable bonds is 6. The molecule has 0 saturated carbocycles. The van der Waals surface area contributed by atoms with Gasteiger partial charge in [0.05, 0.1) is 7.11 Å². The first-order valence-corrected chi connectivity index (χ1v) is 12.0. The number of methoxy groups -OCH3 is 1. The SMILES string of the molecule is COc1c(-n2nc3ccccc3n2)cc(C(C)(C)c2ccccc2)cc1C(C)(C)c1ccccc1. The Morgan fingerprint density at radius 1 is 0.600 bits per heavy atom. The predicted molar refractivity (Wildman–Crippen MR) is 143 cm³/mol. The number of fused-ring (bicyclic) bond motifs is 1.